The predicted octanol–water partition coefficient (Wildman–Crippen LogP) is 3.18. The highest BCUT2D eigenvalue weighted by Gasteiger charge is 2.21. The summed E-state index contributed by atoms with van der Waals surface area (Å²) in [6.07, 6.45) is 0.805. The normalized spacial score (nSPS) is 14.0. The Morgan fingerprint density at radius 2 is 1.91 bits per heavy atom. The van der Waals surface area contributed by atoms with Crippen molar-refractivity contribution in [1.29, 1.82) is 0 Å². The van der Waals surface area contributed by atoms with E-state index < -0.39 is 0 Å². The molecule has 0 aliphatic rings. The molecule has 0 aromatic heterocycles. The molecule has 2 unspecified atom stereocenters. The van der Waals surface area contributed by atoms with Crippen molar-refractivity contribution in [3.8, 4) is 0 Å². The third-order valence-electron chi connectivity index (χ3n) is 4.02. The fourth-order valence-electron chi connectivity index (χ4n) is 1.73. The summed E-state index contributed by atoms with van der Waals surface area (Å²) in [5.74, 6) is -0.730. The minimum absolute atomic E-state index is 0.180. The van der Waals surface area contributed by atoms with Gasteiger partial charge in [-0.05, 0) is 45.4 Å². The van der Waals surface area contributed by atoms with Gasteiger partial charge in [0.1, 0.15) is 0 Å². The zero-order valence-corrected chi connectivity index (χ0v) is 15.1. The first-order valence-electron chi connectivity index (χ1n) is 7.76. The number of carbonyl (C=O) groups is 2. The molecule has 0 radical (unpaired) electrons. The lowest BCUT2D eigenvalue weighted by molar-refractivity contribution is -0.119. The number of nitrogens with one attached hydrogen (secondary N) is 2. The Morgan fingerprint density at radius 3 is 2.39 bits per heavy atom. The first kappa shape index (κ1) is 19.5. The second-order valence-electron chi connectivity index (χ2n) is 6.52. The van der Waals surface area contributed by atoms with Crippen LogP contribution in [-0.2, 0) is 4.79 Å². The van der Waals surface area contributed by atoms with Gasteiger partial charge in [-0.25, -0.2) is 0 Å². The molecule has 2 amide bonds. The molecule has 0 bridgehead atoms. The van der Waals surface area contributed by atoms with Gasteiger partial charge in [0.25, 0.3) is 5.91 Å². The fourth-order valence-corrected chi connectivity index (χ4v) is 2.00. The third kappa shape index (κ3) is 5.52. The van der Waals surface area contributed by atoms with E-state index >= 15 is 0 Å². The number of carbonyl (C=O) groups excluding carboxylic acids is 2. The minimum Gasteiger partial charge on any atom is -0.347 e. The molecule has 1 aromatic carbocycles. The van der Waals surface area contributed by atoms with Crippen molar-refractivity contribution < 1.29 is 9.59 Å². The number of benzene rings is 1. The molecule has 0 fully saturated rings. The number of anilines is 1. The molecule has 0 saturated heterocycles. The zero-order valence-electron chi connectivity index (χ0n) is 14.4. The van der Waals surface area contributed by atoms with Crippen LogP contribution in [0.2, 0.25) is 5.02 Å². The van der Waals surface area contributed by atoms with Gasteiger partial charge in [0.15, 0.2) is 0 Å². The van der Waals surface area contributed by atoms with E-state index in [0.29, 0.717) is 16.3 Å². The Morgan fingerprint density at radius 1 is 1.30 bits per heavy atom. The molecule has 4 N–H and O–H groups in total. The van der Waals surface area contributed by atoms with Crippen LogP contribution in [-0.4, -0.2) is 23.4 Å². The monoisotopic (exact) mass is 339 g/mol. The van der Waals surface area contributed by atoms with Crippen LogP contribution in [0, 0.1) is 5.92 Å². The highest BCUT2D eigenvalue weighted by Crippen LogP contribution is 2.22. The van der Waals surface area contributed by atoms with Crippen molar-refractivity contribution in [2.24, 2.45) is 11.7 Å². The van der Waals surface area contributed by atoms with Crippen molar-refractivity contribution in [2.45, 2.75) is 52.6 Å². The summed E-state index contributed by atoms with van der Waals surface area (Å²) >= 11 is 6.19. The Balaban J connectivity index is 2.86. The fraction of sp³-hybridized carbons (Fsp3) is 0.529. The largest absolute Gasteiger partial charge is 0.347 e. The van der Waals surface area contributed by atoms with Gasteiger partial charge < -0.3 is 16.4 Å². The van der Waals surface area contributed by atoms with Crippen LogP contribution in [0.5, 0.6) is 0 Å². The first-order valence-corrected chi connectivity index (χ1v) is 8.13. The van der Waals surface area contributed by atoms with Crippen molar-refractivity contribution in [1.82, 2.24) is 5.32 Å². The van der Waals surface area contributed by atoms with Gasteiger partial charge in [-0.2, -0.15) is 0 Å². The van der Waals surface area contributed by atoms with E-state index in [1.165, 1.54) is 0 Å². The van der Waals surface area contributed by atoms with Gasteiger partial charge in [0, 0.05) is 17.3 Å². The number of amides is 2. The van der Waals surface area contributed by atoms with E-state index in [2.05, 4.69) is 10.6 Å². The minimum atomic E-state index is -0.317. The molecule has 0 heterocycles. The van der Waals surface area contributed by atoms with Crippen molar-refractivity contribution in [3.63, 3.8) is 0 Å². The number of hydrogen-bond acceptors (Lipinski definition) is 3. The maximum Gasteiger partial charge on any atom is 0.253 e. The molecule has 0 aliphatic heterocycles. The Labute approximate surface area is 143 Å². The topological polar surface area (TPSA) is 84.2 Å². The lowest BCUT2D eigenvalue weighted by Crippen LogP contribution is -2.42. The van der Waals surface area contributed by atoms with Crippen molar-refractivity contribution in [2.75, 3.05) is 5.32 Å². The average molecular weight is 340 g/mol. The van der Waals surface area contributed by atoms with E-state index in [0.717, 1.165) is 6.42 Å². The predicted molar refractivity (Wildman–Crippen MR) is 94.7 cm³/mol. The summed E-state index contributed by atoms with van der Waals surface area (Å²) in [5, 5.41) is 5.98. The lowest BCUT2D eigenvalue weighted by atomic mass is 10.0. The number of halogens is 1. The molecular weight excluding hydrogens is 314 g/mol. The smallest absolute Gasteiger partial charge is 0.253 e. The average Bonchev–Trinajstić information content (AvgIpc) is 2.45. The maximum atomic E-state index is 12.3. The van der Waals surface area contributed by atoms with Gasteiger partial charge in [-0.3, -0.25) is 9.59 Å². The van der Waals surface area contributed by atoms with Gasteiger partial charge in [0.05, 0.1) is 16.5 Å². The van der Waals surface area contributed by atoms with Crippen molar-refractivity contribution >= 4 is 29.1 Å². The summed E-state index contributed by atoms with van der Waals surface area (Å²) in [5.41, 5.74) is 6.33. The van der Waals surface area contributed by atoms with Crippen LogP contribution >= 0.6 is 11.6 Å². The van der Waals surface area contributed by atoms with Gasteiger partial charge in [0.2, 0.25) is 5.91 Å². The molecule has 6 heteroatoms. The van der Waals surface area contributed by atoms with Crippen LogP contribution in [0.25, 0.3) is 0 Å². The highest BCUT2D eigenvalue weighted by molar-refractivity contribution is 6.34. The molecule has 1 rings (SSSR count). The molecule has 128 valence electrons. The Kier molecular flexibility index (Phi) is 6.59. The van der Waals surface area contributed by atoms with E-state index in [-0.39, 0.29) is 29.3 Å². The standard InChI is InChI=1S/C17H26ClN3O2/c1-6-17(4,5)21-16(23)13-8-7-12(9-14(13)18)20-15(22)10(2)11(3)19/h7-11H,6,19H2,1-5H3,(H,20,22)(H,21,23). The van der Waals surface area contributed by atoms with E-state index in [4.69, 9.17) is 17.3 Å². The summed E-state index contributed by atoms with van der Waals surface area (Å²) < 4.78 is 0. The van der Waals surface area contributed by atoms with Gasteiger partial charge in [-0.15, -0.1) is 0 Å². The molecule has 5 nitrogen and oxygen atoms in total. The zero-order chi connectivity index (χ0) is 17.8. The molecule has 0 saturated carbocycles. The summed E-state index contributed by atoms with van der Waals surface area (Å²) in [7, 11) is 0. The van der Waals surface area contributed by atoms with Crippen LogP contribution < -0.4 is 16.4 Å². The summed E-state index contributed by atoms with van der Waals surface area (Å²) in [6, 6.07) is 4.59. The van der Waals surface area contributed by atoms with Crippen LogP contribution in [0.3, 0.4) is 0 Å². The molecule has 1 aromatic rings. The second-order valence-corrected chi connectivity index (χ2v) is 6.93. The Hall–Kier alpha value is -1.59. The summed E-state index contributed by atoms with van der Waals surface area (Å²) in [4.78, 5) is 24.3. The molecule has 0 aliphatic carbocycles. The quantitative estimate of drug-likeness (QED) is 0.744. The van der Waals surface area contributed by atoms with Crippen LogP contribution in [0.15, 0.2) is 18.2 Å². The number of nitrogens with two attached hydrogens (primary N) is 1. The first-order chi connectivity index (χ1) is 10.6. The van der Waals surface area contributed by atoms with Crippen LogP contribution in [0.4, 0.5) is 5.69 Å². The third-order valence-corrected chi connectivity index (χ3v) is 4.33. The lowest BCUT2D eigenvalue weighted by Gasteiger charge is -2.24. The van der Waals surface area contributed by atoms with E-state index in [9.17, 15) is 9.59 Å². The molecule has 23 heavy (non-hydrogen) atoms. The Bertz CT molecular complexity index is 585. The van der Waals surface area contributed by atoms with E-state index in [1.54, 1.807) is 32.0 Å². The van der Waals surface area contributed by atoms with Crippen molar-refractivity contribution in [3.05, 3.63) is 28.8 Å². The second kappa shape index (κ2) is 7.79. The highest BCUT2D eigenvalue weighted by atomic mass is 35.5. The maximum absolute atomic E-state index is 12.3. The molecule has 0 spiro atoms. The number of hydrogen-bond donors (Lipinski definition) is 3. The van der Waals surface area contributed by atoms with E-state index in [1.807, 2.05) is 20.8 Å². The SMILES string of the molecule is CCC(C)(C)NC(=O)c1ccc(NC(=O)C(C)C(C)N)cc1Cl. The van der Waals surface area contributed by atoms with Gasteiger partial charge >= 0.3 is 0 Å². The molecule has 2 atom stereocenters. The van der Waals surface area contributed by atoms with Gasteiger partial charge in [-0.1, -0.05) is 25.4 Å². The van der Waals surface area contributed by atoms with Crippen LogP contribution in [0.1, 0.15) is 51.4 Å². The number of rotatable bonds is 6. The molecular formula is C17H26ClN3O2. The summed E-state index contributed by atoms with van der Waals surface area (Å²) in [6.45, 7) is 9.43.